The van der Waals surface area contributed by atoms with Gasteiger partial charge < -0.3 is 69.4 Å². The monoisotopic (exact) mass is 768 g/mol. The number of H-pyrrole nitrogens is 1. The maximum atomic E-state index is 13.7. The second-order valence-electron chi connectivity index (χ2n) is 12.3. The highest BCUT2D eigenvalue weighted by molar-refractivity contribution is 5.97. The predicted octanol–water partition coefficient (Wildman–Crippen LogP) is -5.42. The molecular formula is C30H48N12O12. The van der Waals surface area contributed by atoms with Crippen molar-refractivity contribution in [3.63, 3.8) is 0 Å². The molecule has 1 rings (SSSR count). The number of aromatic amines is 1. The third-order valence-corrected chi connectivity index (χ3v) is 7.13. The van der Waals surface area contributed by atoms with Crippen LogP contribution in [0.3, 0.4) is 0 Å². The van der Waals surface area contributed by atoms with Crippen molar-refractivity contribution >= 4 is 59.3 Å². The minimum Gasteiger partial charge on any atom is -0.481 e. The molecule has 0 aliphatic heterocycles. The fraction of sp³-hybridized carbons (Fsp3) is 0.567. The van der Waals surface area contributed by atoms with Gasteiger partial charge in [-0.05, 0) is 25.2 Å². The van der Waals surface area contributed by atoms with Crippen LogP contribution in [0.25, 0.3) is 0 Å². The van der Waals surface area contributed by atoms with E-state index in [4.69, 9.17) is 27.4 Å². The van der Waals surface area contributed by atoms with E-state index >= 15 is 0 Å². The summed E-state index contributed by atoms with van der Waals surface area (Å²) in [6.45, 7) is 1.94. The summed E-state index contributed by atoms with van der Waals surface area (Å²) in [6, 6.07) is -7.33. The van der Waals surface area contributed by atoms with Crippen molar-refractivity contribution in [2.75, 3.05) is 19.6 Å². The lowest BCUT2D eigenvalue weighted by Gasteiger charge is -2.25. The molecule has 0 radical (unpaired) electrons. The molecule has 5 atom stereocenters. The number of aliphatic imine (C=N–C) groups is 1. The van der Waals surface area contributed by atoms with Gasteiger partial charge in [-0.1, -0.05) is 13.8 Å². The van der Waals surface area contributed by atoms with Crippen LogP contribution in [0.15, 0.2) is 17.5 Å². The van der Waals surface area contributed by atoms with Crippen LogP contribution in [0.4, 0.5) is 0 Å². The molecule has 1 aromatic rings. The van der Waals surface area contributed by atoms with Crippen molar-refractivity contribution < 1.29 is 58.5 Å². The van der Waals surface area contributed by atoms with Gasteiger partial charge in [0, 0.05) is 24.9 Å². The van der Waals surface area contributed by atoms with Gasteiger partial charge in [-0.15, -0.1) is 0 Å². The van der Waals surface area contributed by atoms with E-state index in [-0.39, 0.29) is 44.1 Å². The topological polar surface area (TPSA) is 406 Å². The Bertz CT molecular complexity index is 1510. The summed E-state index contributed by atoms with van der Waals surface area (Å²) in [4.78, 5) is 122. The van der Waals surface area contributed by atoms with Crippen LogP contribution in [-0.2, 0) is 49.6 Å². The summed E-state index contributed by atoms with van der Waals surface area (Å²) in [5.74, 6) is -10.5. The number of carbonyl (C=O) groups excluding carboxylic acids is 6. The standard InChI is InChI=1S/C30H48N12O12/c1-14(2)6-16(31)25(50)41-20(9-23(46)47)29(54)42-18(7-15-10-34-13-38-15)28(53)40-17(4-3-5-35-30(32)33)26(51)36-11-21(43)39-19(8-22(44)45)27(52)37-12-24(48)49/h10,13-14,16-20H,3-9,11-12,31H2,1-2H3,(H,34,38)(H,36,51)(H,37,52)(H,39,43)(H,40,53)(H,41,50)(H,42,54)(H,44,45)(H,46,47)(H,48,49)(H4,32,33,35). The lowest BCUT2D eigenvalue weighted by molar-refractivity contribution is -0.142. The molecule has 0 aliphatic rings. The molecule has 24 heteroatoms. The first kappa shape index (κ1) is 45.7. The molecule has 0 aromatic carbocycles. The first-order chi connectivity index (χ1) is 25.3. The predicted molar refractivity (Wildman–Crippen MR) is 186 cm³/mol. The number of aromatic nitrogens is 2. The average molecular weight is 769 g/mol. The highest BCUT2D eigenvalue weighted by atomic mass is 16.4. The number of imidazole rings is 1. The maximum absolute atomic E-state index is 13.7. The van der Waals surface area contributed by atoms with E-state index in [9.17, 15) is 48.3 Å². The van der Waals surface area contributed by atoms with Gasteiger partial charge in [0.2, 0.25) is 35.4 Å². The second-order valence-corrected chi connectivity index (χ2v) is 12.3. The van der Waals surface area contributed by atoms with Crippen LogP contribution >= 0.6 is 0 Å². The molecular weight excluding hydrogens is 720 g/mol. The van der Waals surface area contributed by atoms with Gasteiger partial charge in [0.15, 0.2) is 5.96 Å². The smallest absolute Gasteiger partial charge is 0.322 e. The number of hydrogen-bond donors (Lipinski definition) is 13. The van der Waals surface area contributed by atoms with Gasteiger partial charge in [0.05, 0.1) is 31.8 Å². The van der Waals surface area contributed by atoms with Gasteiger partial charge in [-0.3, -0.25) is 48.1 Å². The van der Waals surface area contributed by atoms with Crippen LogP contribution < -0.4 is 49.1 Å². The van der Waals surface area contributed by atoms with E-state index in [1.165, 1.54) is 12.5 Å². The molecule has 5 unspecified atom stereocenters. The summed E-state index contributed by atoms with van der Waals surface area (Å²) in [7, 11) is 0. The maximum Gasteiger partial charge on any atom is 0.322 e. The van der Waals surface area contributed by atoms with Gasteiger partial charge in [0.1, 0.15) is 30.7 Å². The Hall–Kier alpha value is -6.33. The molecule has 0 bridgehead atoms. The number of guanidine groups is 1. The minimum atomic E-state index is -1.70. The summed E-state index contributed by atoms with van der Waals surface area (Å²) < 4.78 is 0. The van der Waals surface area contributed by atoms with Crippen molar-refractivity contribution in [1.82, 2.24) is 41.9 Å². The third kappa shape index (κ3) is 18.8. The highest BCUT2D eigenvalue weighted by Crippen LogP contribution is 2.07. The summed E-state index contributed by atoms with van der Waals surface area (Å²) in [6.07, 6.45) is 0.800. The Kier molecular flexibility index (Phi) is 19.7. The zero-order chi connectivity index (χ0) is 41.0. The van der Waals surface area contributed by atoms with E-state index in [1.807, 2.05) is 19.2 Å². The lowest BCUT2D eigenvalue weighted by Crippen LogP contribution is -2.59. The SMILES string of the molecule is CC(C)CC(N)C(=O)NC(CC(=O)O)C(=O)NC(Cc1cnc[nH]1)C(=O)NC(CCCN=C(N)N)C(=O)NCC(=O)NC(CC(=O)O)C(=O)NCC(=O)O. The van der Waals surface area contributed by atoms with E-state index in [1.54, 1.807) is 0 Å². The number of nitrogens with two attached hydrogens (primary N) is 3. The van der Waals surface area contributed by atoms with Crippen LogP contribution in [0, 0.1) is 5.92 Å². The number of rotatable bonds is 25. The number of amides is 6. The molecule has 54 heavy (non-hydrogen) atoms. The molecule has 24 nitrogen and oxygen atoms in total. The molecule has 1 aromatic heterocycles. The average Bonchev–Trinajstić information content (AvgIpc) is 3.58. The van der Waals surface area contributed by atoms with Gasteiger partial charge in [-0.25, -0.2) is 4.98 Å². The Morgan fingerprint density at radius 1 is 0.741 bits per heavy atom. The second kappa shape index (κ2) is 23.3. The number of carboxylic acids is 3. The number of carbonyl (C=O) groups is 9. The number of hydrogen-bond acceptors (Lipinski definition) is 12. The van der Waals surface area contributed by atoms with Crippen LogP contribution in [0.2, 0.25) is 0 Å². The molecule has 0 fully saturated rings. The minimum absolute atomic E-state index is 0.00442. The zero-order valence-electron chi connectivity index (χ0n) is 29.6. The molecule has 16 N–H and O–H groups in total. The fourth-order valence-corrected chi connectivity index (χ4v) is 4.63. The van der Waals surface area contributed by atoms with E-state index < -0.39 is 109 Å². The fourth-order valence-electron chi connectivity index (χ4n) is 4.63. The highest BCUT2D eigenvalue weighted by Gasteiger charge is 2.32. The first-order valence-electron chi connectivity index (χ1n) is 16.5. The van der Waals surface area contributed by atoms with Crippen molar-refractivity contribution in [3.05, 3.63) is 18.2 Å². The number of nitrogens with one attached hydrogen (secondary N) is 7. The summed E-state index contributed by atoms with van der Waals surface area (Å²) >= 11 is 0. The van der Waals surface area contributed by atoms with Crippen LogP contribution in [0.5, 0.6) is 0 Å². The van der Waals surface area contributed by atoms with Crippen LogP contribution in [0.1, 0.15) is 51.6 Å². The van der Waals surface area contributed by atoms with Gasteiger partial charge in [-0.2, -0.15) is 0 Å². The quantitative estimate of drug-likeness (QED) is 0.0251. The molecule has 0 saturated carbocycles. The largest absolute Gasteiger partial charge is 0.481 e. The number of carboxylic acid groups (broad SMARTS) is 3. The molecule has 1 heterocycles. The first-order valence-corrected chi connectivity index (χ1v) is 16.5. The Labute approximate surface area is 308 Å². The van der Waals surface area contributed by atoms with E-state index in [0.29, 0.717) is 5.69 Å². The Balaban J connectivity index is 3.23. The van der Waals surface area contributed by atoms with E-state index in [0.717, 1.165) is 0 Å². The normalized spacial score (nSPS) is 13.5. The zero-order valence-corrected chi connectivity index (χ0v) is 29.6. The third-order valence-electron chi connectivity index (χ3n) is 7.13. The molecule has 0 aliphatic carbocycles. The van der Waals surface area contributed by atoms with Crippen molar-refractivity contribution in [2.24, 2.45) is 28.1 Å². The Morgan fingerprint density at radius 3 is 1.81 bits per heavy atom. The number of aliphatic carboxylic acids is 3. The molecule has 6 amide bonds. The van der Waals surface area contributed by atoms with Crippen molar-refractivity contribution in [1.29, 1.82) is 0 Å². The summed E-state index contributed by atoms with van der Waals surface area (Å²) in [5.41, 5.74) is 16.9. The molecule has 0 spiro atoms. The van der Waals surface area contributed by atoms with E-state index in [2.05, 4.69) is 41.5 Å². The molecule has 0 saturated heterocycles. The van der Waals surface area contributed by atoms with Crippen molar-refractivity contribution in [3.8, 4) is 0 Å². The lowest BCUT2D eigenvalue weighted by atomic mass is 10.0. The summed E-state index contributed by atoms with van der Waals surface area (Å²) in [5, 5.41) is 40.7. The van der Waals surface area contributed by atoms with Crippen LogP contribution in [-0.4, -0.2) is 134 Å². The van der Waals surface area contributed by atoms with Gasteiger partial charge >= 0.3 is 17.9 Å². The van der Waals surface area contributed by atoms with Crippen molar-refractivity contribution in [2.45, 2.75) is 82.6 Å². The van der Waals surface area contributed by atoms with Gasteiger partial charge in [0.25, 0.3) is 0 Å². The Morgan fingerprint density at radius 2 is 1.28 bits per heavy atom. The number of nitrogens with zero attached hydrogens (tertiary/aromatic N) is 2. The molecule has 300 valence electrons.